The van der Waals surface area contributed by atoms with Crippen LogP contribution in [-0.2, 0) is 9.53 Å². The molecule has 0 aliphatic heterocycles. The second kappa shape index (κ2) is 9.21. The maximum absolute atomic E-state index is 12.7. The van der Waals surface area contributed by atoms with Gasteiger partial charge in [0.2, 0.25) is 5.91 Å². The summed E-state index contributed by atoms with van der Waals surface area (Å²) in [6, 6.07) is 12.3. The highest BCUT2D eigenvalue weighted by Gasteiger charge is 2.16. The Morgan fingerprint density at radius 3 is 2.55 bits per heavy atom. The molecule has 0 saturated carbocycles. The Morgan fingerprint density at radius 1 is 1.09 bits per heavy atom. The highest BCUT2D eigenvalue weighted by Crippen LogP contribution is 2.28. The lowest BCUT2D eigenvalue weighted by Crippen LogP contribution is -2.12. The first-order valence-electron chi connectivity index (χ1n) is 10.2. The number of nitrogens with one attached hydrogen (secondary N) is 2. The van der Waals surface area contributed by atoms with Gasteiger partial charge in [0.25, 0.3) is 5.91 Å². The predicted octanol–water partition coefficient (Wildman–Crippen LogP) is 4.18. The summed E-state index contributed by atoms with van der Waals surface area (Å²) in [7, 11) is 0. The highest BCUT2D eigenvalue weighted by atomic mass is 32.1. The first-order chi connectivity index (χ1) is 15.9. The van der Waals surface area contributed by atoms with Gasteiger partial charge in [0.05, 0.1) is 34.4 Å². The molecule has 2 aromatic carbocycles. The minimum Gasteiger partial charge on any atom is -0.462 e. The van der Waals surface area contributed by atoms with E-state index in [4.69, 9.17) is 4.74 Å². The molecule has 4 rings (SSSR count). The summed E-state index contributed by atoms with van der Waals surface area (Å²) in [6.07, 6.45) is 1.47. The number of thiazole rings is 1. The van der Waals surface area contributed by atoms with Crippen LogP contribution in [0.3, 0.4) is 0 Å². The van der Waals surface area contributed by atoms with E-state index in [0.29, 0.717) is 34.2 Å². The van der Waals surface area contributed by atoms with E-state index in [1.54, 1.807) is 54.9 Å². The van der Waals surface area contributed by atoms with Crippen molar-refractivity contribution in [2.24, 2.45) is 0 Å². The number of hydrogen-bond donors (Lipinski definition) is 2. The van der Waals surface area contributed by atoms with Gasteiger partial charge in [0.15, 0.2) is 5.13 Å². The van der Waals surface area contributed by atoms with Crippen LogP contribution in [0, 0.1) is 6.92 Å². The van der Waals surface area contributed by atoms with Crippen LogP contribution in [-0.4, -0.2) is 39.2 Å². The van der Waals surface area contributed by atoms with Crippen molar-refractivity contribution in [1.82, 2.24) is 14.8 Å². The summed E-state index contributed by atoms with van der Waals surface area (Å²) < 4.78 is 7.51. The number of carbonyl (C=O) groups is 3. The summed E-state index contributed by atoms with van der Waals surface area (Å²) in [5.41, 5.74) is 3.61. The predicted molar refractivity (Wildman–Crippen MR) is 126 cm³/mol. The third kappa shape index (κ3) is 4.75. The largest absolute Gasteiger partial charge is 0.462 e. The molecule has 0 aliphatic rings. The molecule has 0 saturated heterocycles. The summed E-state index contributed by atoms with van der Waals surface area (Å²) in [5, 5.41) is 10.3. The Hall–Kier alpha value is -4.05. The van der Waals surface area contributed by atoms with Crippen LogP contribution in [0.4, 0.5) is 10.8 Å². The van der Waals surface area contributed by atoms with Crippen molar-refractivity contribution in [3.63, 3.8) is 0 Å². The standard InChI is InChI=1S/C23H21N5O4S/c1-4-32-22(31)18-12-24-28(13(18)2)17-8-5-15(6-9-17)21(30)26-16-7-10-19-20(11-16)33-23(27-19)25-14(3)29/h5-12H,4H2,1-3H3,(H,26,30)(H,25,27,29). The molecule has 0 fully saturated rings. The van der Waals surface area contributed by atoms with Gasteiger partial charge < -0.3 is 15.4 Å². The summed E-state index contributed by atoms with van der Waals surface area (Å²) in [5.74, 6) is -0.871. The minimum atomic E-state index is -0.417. The van der Waals surface area contributed by atoms with Crippen LogP contribution in [0.5, 0.6) is 0 Å². The molecule has 2 aromatic heterocycles. The lowest BCUT2D eigenvalue weighted by atomic mass is 10.2. The molecule has 0 spiro atoms. The Morgan fingerprint density at radius 2 is 1.85 bits per heavy atom. The lowest BCUT2D eigenvalue weighted by Gasteiger charge is -2.08. The number of esters is 1. The fourth-order valence-electron chi connectivity index (χ4n) is 3.24. The molecule has 0 unspecified atom stereocenters. The van der Waals surface area contributed by atoms with E-state index in [0.717, 1.165) is 15.9 Å². The maximum Gasteiger partial charge on any atom is 0.341 e. The number of benzene rings is 2. The van der Waals surface area contributed by atoms with Crippen molar-refractivity contribution in [3.8, 4) is 5.69 Å². The molecule has 0 aliphatic carbocycles. The molecule has 4 aromatic rings. The van der Waals surface area contributed by atoms with Gasteiger partial charge >= 0.3 is 5.97 Å². The molecule has 0 radical (unpaired) electrons. The molecule has 0 bridgehead atoms. The van der Waals surface area contributed by atoms with E-state index in [1.807, 2.05) is 6.07 Å². The number of amides is 2. The fourth-order valence-corrected chi connectivity index (χ4v) is 4.19. The van der Waals surface area contributed by atoms with Crippen molar-refractivity contribution < 1.29 is 19.1 Å². The number of rotatable bonds is 6. The number of aromatic nitrogens is 3. The van der Waals surface area contributed by atoms with Crippen LogP contribution in [0.1, 0.15) is 40.3 Å². The van der Waals surface area contributed by atoms with E-state index in [-0.39, 0.29) is 11.8 Å². The minimum absolute atomic E-state index is 0.187. The average molecular weight is 464 g/mol. The average Bonchev–Trinajstić information content (AvgIpc) is 3.35. The molecule has 2 N–H and O–H groups in total. The highest BCUT2D eigenvalue weighted by molar-refractivity contribution is 7.22. The van der Waals surface area contributed by atoms with Gasteiger partial charge in [-0.15, -0.1) is 0 Å². The molecule has 0 atom stereocenters. The second-order valence-electron chi connectivity index (χ2n) is 7.16. The van der Waals surface area contributed by atoms with Gasteiger partial charge in [0, 0.05) is 18.2 Å². The van der Waals surface area contributed by atoms with Crippen LogP contribution in [0.25, 0.3) is 15.9 Å². The molecular weight excluding hydrogens is 442 g/mol. The first-order valence-corrected chi connectivity index (χ1v) is 11.0. The summed E-state index contributed by atoms with van der Waals surface area (Å²) in [6.45, 7) is 5.25. The number of fused-ring (bicyclic) bond motifs is 1. The van der Waals surface area contributed by atoms with Crippen LogP contribution in [0.2, 0.25) is 0 Å². The van der Waals surface area contributed by atoms with Crippen molar-refractivity contribution >= 4 is 50.2 Å². The Labute approximate surface area is 193 Å². The van der Waals surface area contributed by atoms with Crippen molar-refractivity contribution in [2.45, 2.75) is 20.8 Å². The number of anilines is 2. The maximum atomic E-state index is 12.7. The van der Waals surface area contributed by atoms with Gasteiger partial charge in [-0.2, -0.15) is 5.10 Å². The Bertz CT molecular complexity index is 1360. The van der Waals surface area contributed by atoms with Crippen molar-refractivity contribution in [2.75, 3.05) is 17.2 Å². The molecule has 33 heavy (non-hydrogen) atoms. The Kier molecular flexibility index (Phi) is 6.18. The normalized spacial score (nSPS) is 10.8. The van der Waals surface area contributed by atoms with E-state index in [9.17, 15) is 14.4 Å². The van der Waals surface area contributed by atoms with Gasteiger partial charge in [-0.3, -0.25) is 9.59 Å². The number of nitrogens with zero attached hydrogens (tertiary/aromatic N) is 3. The second-order valence-corrected chi connectivity index (χ2v) is 8.19. The van der Waals surface area contributed by atoms with Gasteiger partial charge in [0.1, 0.15) is 5.56 Å². The zero-order valence-electron chi connectivity index (χ0n) is 18.2. The zero-order valence-corrected chi connectivity index (χ0v) is 19.0. The quantitative estimate of drug-likeness (QED) is 0.415. The molecule has 168 valence electrons. The molecular formula is C23H21N5O4S. The topological polar surface area (TPSA) is 115 Å². The van der Waals surface area contributed by atoms with Crippen molar-refractivity contribution in [3.05, 3.63) is 65.5 Å². The molecule has 2 heterocycles. The molecule has 9 nitrogen and oxygen atoms in total. The van der Waals surface area contributed by atoms with E-state index in [2.05, 4.69) is 20.7 Å². The number of carbonyl (C=O) groups excluding carboxylic acids is 3. The summed E-state index contributed by atoms with van der Waals surface area (Å²) in [4.78, 5) is 40.3. The zero-order chi connectivity index (χ0) is 23.5. The Balaban J connectivity index is 1.49. The van der Waals surface area contributed by atoms with Gasteiger partial charge in [-0.25, -0.2) is 14.5 Å². The third-order valence-corrected chi connectivity index (χ3v) is 5.74. The van der Waals surface area contributed by atoms with E-state index in [1.165, 1.54) is 24.5 Å². The number of hydrogen-bond acceptors (Lipinski definition) is 7. The SMILES string of the molecule is CCOC(=O)c1cnn(-c2ccc(C(=O)Nc3ccc4nc(NC(C)=O)sc4c3)cc2)c1C. The molecule has 2 amide bonds. The molecule has 10 heteroatoms. The van der Waals surface area contributed by atoms with Crippen LogP contribution in [0.15, 0.2) is 48.7 Å². The van der Waals surface area contributed by atoms with Crippen LogP contribution < -0.4 is 10.6 Å². The smallest absolute Gasteiger partial charge is 0.341 e. The van der Waals surface area contributed by atoms with Crippen LogP contribution >= 0.6 is 11.3 Å². The monoisotopic (exact) mass is 463 g/mol. The third-order valence-electron chi connectivity index (χ3n) is 4.81. The van der Waals surface area contributed by atoms with Gasteiger partial charge in [-0.1, -0.05) is 11.3 Å². The van der Waals surface area contributed by atoms with Crippen molar-refractivity contribution in [1.29, 1.82) is 0 Å². The van der Waals surface area contributed by atoms with Gasteiger partial charge in [-0.05, 0) is 56.3 Å². The fraction of sp³-hybridized carbons (Fsp3) is 0.174. The van der Waals surface area contributed by atoms with E-state index >= 15 is 0 Å². The van der Waals surface area contributed by atoms with E-state index < -0.39 is 5.97 Å². The summed E-state index contributed by atoms with van der Waals surface area (Å²) >= 11 is 1.33. The number of ether oxygens (including phenoxy) is 1. The first kappa shape index (κ1) is 22.2. The lowest BCUT2D eigenvalue weighted by molar-refractivity contribution is -0.114.